The quantitative estimate of drug-likeness (QED) is 0.330. The lowest BCUT2D eigenvalue weighted by atomic mass is 10.0. The van der Waals surface area contributed by atoms with E-state index in [1.165, 1.54) is 11.9 Å². The van der Waals surface area contributed by atoms with Crippen LogP contribution in [0.5, 0.6) is 0 Å². The molecule has 0 aliphatic heterocycles. The van der Waals surface area contributed by atoms with Gasteiger partial charge in [-0.05, 0) is 60.9 Å². The molecule has 2 heterocycles. The normalized spacial score (nSPS) is 12.2. The lowest BCUT2D eigenvalue weighted by Crippen LogP contribution is -2.29. The Morgan fingerprint density at radius 2 is 1.61 bits per heavy atom. The van der Waals surface area contributed by atoms with E-state index in [4.69, 9.17) is 0 Å². The number of tetrazole rings is 1. The minimum absolute atomic E-state index is 0.0207. The zero-order chi connectivity index (χ0) is 26.7. The van der Waals surface area contributed by atoms with E-state index < -0.39 is 23.5 Å². The molecule has 0 spiro atoms. The van der Waals surface area contributed by atoms with E-state index in [0.29, 0.717) is 42.3 Å². The number of hydrogen-bond acceptors (Lipinski definition) is 6. The van der Waals surface area contributed by atoms with Crippen LogP contribution in [0.1, 0.15) is 48.9 Å². The van der Waals surface area contributed by atoms with Gasteiger partial charge in [0.1, 0.15) is 0 Å². The standard InChI is InChI=1S/C23H27F6N7/c1-5-7-10-35(6-2)20-19(15(3)8-9-30-20)36(21-31-33-34(4)32-21)14-16-11-17(22(24,25)26)13-18(12-16)23(27,28)29/h8-9,11-13H,5-7,10,14H2,1-4H3. The van der Waals surface area contributed by atoms with Crippen molar-refractivity contribution in [3.63, 3.8) is 0 Å². The Labute approximate surface area is 204 Å². The fraction of sp³-hybridized carbons (Fsp3) is 0.478. The number of aryl methyl sites for hydroxylation is 2. The summed E-state index contributed by atoms with van der Waals surface area (Å²) in [6, 6.07) is 3.24. The van der Waals surface area contributed by atoms with Gasteiger partial charge in [0.2, 0.25) is 0 Å². The molecule has 0 bridgehead atoms. The van der Waals surface area contributed by atoms with Crippen LogP contribution >= 0.6 is 0 Å². The molecule has 0 aliphatic carbocycles. The van der Waals surface area contributed by atoms with Gasteiger partial charge in [0.25, 0.3) is 5.95 Å². The molecule has 0 fully saturated rings. The minimum atomic E-state index is -4.96. The molecule has 0 saturated heterocycles. The maximum Gasteiger partial charge on any atom is 0.416 e. The van der Waals surface area contributed by atoms with Crippen molar-refractivity contribution >= 4 is 17.5 Å². The van der Waals surface area contributed by atoms with Crippen molar-refractivity contribution in [3.05, 3.63) is 52.7 Å². The molecule has 3 aromatic rings. The largest absolute Gasteiger partial charge is 0.416 e. The Bertz CT molecular complexity index is 1140. The average Bonchev–Trinajstić information content (AvgIpc) is 3.23. The molecule has 0 N–H and O–H groups in total. The maximum atomic E-state index is 13.5. The number of hydrogen-bond donors (Lipinski definition) is 0. The summed E-state index contributed by atoms with van der Waals surface area (Å²) in [5, 5.41) is 12.0. The van der Waals surface area contributed by atoms with E-state index in [1.54, 1.807) is 19.2 Å². The van der Waals surface area contributed by atoms with Gasteiger partial charge in [-0.15, -0.1) is 5.10 Å². The molecular weight excluding hydrogens is 488 g/mol. The van der Waals surface area contributed by atoms with Gasteiger partial charge >= 0.3 is 12.4 Å². The fourth-order valence-electron chi connectivity index (χ4n) is 3.79. The number of halogens is 6. The highest BCUT2D eigenvalue weighted by atomic mass is 19.4. The first-order chi connectivity index (χ1) is 16.8. The summed E-state index contributed by atoms with van der Waals surface area (Å²) in [5.74, 6) is 0.550. The molecule has 0 amide bonds. The third-order valence-electron chi connectivity index (χ3n) is 5.57. The molecular formula is C23H27F6N7. The van der Waals surface area contributed by atoms with Crippen molar-refractivity contribution in [2.75, 3.05) is 22.9 Å². The monoisotopic (exact) mass is 515 g/mol. The van der Waals surface area contributed by atoms with Crippen LogP contribution in [0, 0.1) is 6.92 Å². The number of unbranched alkanes of at least 4 members (excludes halogenated alkanes) is 1. The Hall–Kier alpha value is -3.38. The Morgan fingerprint density at radius 1 is 0.972 bits per heavy atom. The molecule has 7 nitrogen and oxygen atoms in total. The van der Waals surface area contributed by atoms with Gasteiger partial charge in [-0.3, -0.25) is 4.90 Å². The van der Waals surface area contributed by atoms with Crippen molar-refractivity contribution < 1.29 is 26.3 Å². The second kappa shape index (κ2) is 10.7. The van der Waals surface area contributed by atoms with Crippen LogP contribution < -0.4 is 9.80 Å². The minimum Gasteiger partial charge on any atom is -0.355 e. The van der Waals surface area contributed by atoms with Gasteiger partial charge in [-0.25, -0.2) is 4.98 Å². The predicted octanol–water partition coefficient (Wildman–Crippen LogP) is 5.92. The summed E-state index contributed by atoms with van der Waals surface area (Å²) in [7, 11) is 1.51. The number of rotatable bonds is 9. The number of nitrogens with zero attached hydrogens (tertiary/aromatic N) is 7. The molecule has 0 atom stereocenters. The second-order valence-electron chi connectivity index (χ2n) is 8.31. The van der Waals surface area contributed by atoms with E-state index in [0.717, 1.165) is 17.6 Å². The zero-order valence-electron chi connectivity index (χ0n) is 20.3. The maximum absolute atomic E-state index is 13.5. The topological polar surface area (TPSA) is 63.0 Å². The first-order valence-electron chi connectivity index (χ1n) is 11.4. The number of anilines is 3. The number of pyridine rings is 1. The molecule has 196 valence electrons. The highest BCUT2D eigenvalue weighted by molar-refractivity contribution is 5.75. The van der Waals surface area contributed by atoms with Crippen LogP contribution in [0.15, 0.2) is 30.5 Å². The van der Waals surface area contributed by atoms with Crippen LogP contribution in [0.4, 0.5) is 43.8 Å². The SMILES string of the molecule is CCCCN(CC)c1nccc(C)c1N(Cc1cc(C(F)(F)F)cc(C(F)(F)F)c1)c1nnn(C)n1. The van der Waals surface area contributed by atoms with Crippen molar-refractivity contribution in [2.45, 2.75) is 52.5 Å². The number of aromatic nitrogens is 5. The lowest BCUT2D eigenvalue weighted by Gasteiger charge is -2.30. The fourth-order valence-corrected chi connectivity index (χ4v) is 3.79. The molecule has 0 unspecified atom stereocenters. The van der Waals surface area contributed by atoms with Gasteiger partial charge in [-0.2, -0.15) is 31.1 Å². The molecule has 3 rings (SSSR count). The molecule has 0 radical (unpaired) electrons. The van der Waals surface area contributed by atoms with E-state index >= 15 is 0 Å². The van der Waals surface area contributed by atoms with Crippen LogP contribution in [0.25, 0.3) is 0 Å². The van der Waals surface area contributed by atoms with Gasteiger partial charge in [-0.1, -0.05) is 18.4 Å². The van der Waals surface area contributed by atoms with Crippen LogP contribution in [-0.4, -0.2) is 38.3 Å². The van der Waals surface area contributed by atoms with Crippen molar-refractivity contribution in [3.8, 4) is 0 Å². The van der Waals surface area contributed by atoms with Gasteiger partial charge < -0.3 is 4.90 Å². The lowest BCUT2D eigenvalue weighted by molar-refractivity contribution is -0.143. The van der Waals surface area contributed by atoms with E-state index in [-0.39, 0.29) is 24.1 Å². The van der Waals surface area contributed by atoms with Crippen LogP contribution in [-0.2, 0) is 25.9 Å². The number of benzene rings is 1. The summed E-state index contributed by atoms with van der Waals surface area (Å²) in [4.78, 5) is 9.13. The highest BCUT2D eigenvalue weighted by Gasteiger charge is 2.37. The van der Waals surface area contributed by atoms with E-state index in [2.05, 4.69) is 20.4 Å². The first-order valence-corrected chi connectivity index (χ1v) is 11.4. The molecule has 0 aliphatic rings. The number of alkyl halides is 6. The van der Waals surface area contributed by atoms with Gasteiger partial charge in [0, 0.05) is 19.3 Å². The van der Waals surface area contributed by atoms with Crippen LogP contribution in [0.3, 0.4) is 0 Å². The smallest absolute Gasteiger partial charge is 0.355 e. The van der Waals surface area contributed by atoms with Gasteiger partial charge in [0.15, 0.2) is 5.82 Å². The Balaban J connectivity index is 2.20. The van der Waals surface area contributed by atoms with E-state index in [9.17, 15) is 26.3 Å². The van der Waals surface area contributed by atoms with E-state index in [1.807, 2.05) is 18.7 Å². The molecule has 0 saturated carbocycles. The highest BCUT2D eigenvalue weighted by Crippen LogP contribution is 2.39. The Kier molecular flexibility index (Phi) is 8.09. The third kappa shape index (κ3) is 6.24. The summed E-state index contributed by atoms with van der Waals surface area (Å²) in [5.41, 5.74) is -1.81. The first kappa shape index (κ1) is 27.2. The van der Waals surface area contributed by atoms with Gasteiger partial charge in [0.05, 0.1) is 30.4 Å². The van der Waals surface area contributed by atoms with Crippen LogP contribution in [0.2, 0.25) is 0 Å². The second-order valence-corrected chi connectivity index (χ2v) is 8.31. The molecule has 2 aromatic heterocycles. The average molecular weight is 516 g/mol. The molecule has 1 aromatic carbocycles. The summed E-state index contributed by atoms with van der Waals surface area (Å²) < 4.78 is 80.9. The predicted molar refractivity (Wildman–Crippen MR) is 123 cm³/mol. The Morgan fingerprint density at radius 3 is 2.11 bits per heavy atom. The summed E-state index contributed by atoms with van der Waals surface area (Å²) in [6.45, 7) is 6.65. The van der Waals surface area contributed by atoms with Crippen molar-refractivity contribution in [1.82, 2.24) is 25.2 Å². The van der Waals surface area contributed by atoms with Crippen molar-refractivity contribution in [2.24, 2.45) is 7.05 Å². The van der Waals surface area contributed by atoms with Crippen molar-refractivity contribution in [1.29, 1.82) is 0 Å². The summed E-state index contributed by atoms with van der Waals surface area (Å²) >= 11 is 0. The molecule has 13 heteroatoms. The molecule has 36 heavy (non-hydrogen) atoms. The summed E-state index contributed by atoms with van der Waals surface area (Å²) in [6.07, 6.45) is -6.51. The third-order valence-corrected chi connectivity index (χ3v) is 5.57. The zero-order valence-corrected chi connectivity index (χ0v) is 20.3.